The summed E-state index contributed by atoms with van der Waals surface area (Å²) in [6.07, 6.45) is 1.84. The molecule has 0 saturated carbocycles. The van der Waals surface area contributed by atoms with Gasteiger partial charge in [0.15, 0.2) is 0 Å². The molecular weight excluding hydrogens is 215 g/mol. The molecule has 0 fully saturated rings. The van der Waals surface area contributed by atoms with E-state index in [1.165, 1.54) is 0 Å². The lowest BCUT2D eigenvalue weighted by Crippen LogP contribution is -2.19. The molecule has 0 heterocycles. The summed E-state index contributed by atoms with van der Waals surface area (Å²) in [4.78, 5) is 10.7. The fourth-order valence-corrected chi connectivity index (χ4v) is 0.982. The molecular formula is C7H12BrClO. The van der Waals surface area contributed by atoms with Crippen LogP contribution < -0.4 is 0 Å². The van der Waals surface area contributed by atoms with Gasteiger partial charge in [0.25, 0.3) is 0 Å². The molecule has 0 aromatic rings. The lowest BCUT2D eigenvalue weighted by atomic mass is 9.90. The Hall–Kier alpha value is 0.440. The van der Waals surface area contributed by atoms with Crippen LogP contribution >= 0.6 is 27.5 Å². The maximum absolute atomic E-state index is 10.7. The van der Waals surface area contributed by atoms with E-state index >= 15 is 0 Å². The highest BCUT2D eigenvalue weighted by Gasteiger charge is 2.24. The third kappa shape index (κ3) is 3.57. The van der Waals surface area contributed by atoms with E-state index in [2.05, 4.69) is 15.9 Å². The average Bonchev–Trinajstić information content (AvgIpc) is 1.84. The van der Waals surface area contributed by atoms with Crippen LogP contribution in [-0.2, 0) is 4.79 Å². The summed E-state index contributed by atoms with van der Waals surface area (Å²) in [5.74, 6) is 0. The predicted molar refractivity (Wildman–Crippen MR) is 47.7 cm³/mol. The topological polar surface area (TPSA) is 17.1 Å². The number of rotatable bonds is 4. The van der Waals surface area contributed by atoms with Crippen LogP contribution in [0.15, 0.2) is 0 Å². The van der Waals surface area contributed by atoms with Crippen molar-refractivity contribution in [2.45, 2.75) is 26.7 Å². The third-order valence-corrected chi connectivity index (χ3v) is 2.54. The summed E-state index contributed by atoms with van der Waals surface area (Å²) >= 11 is 8.65. The summed E-state index contributed by atoms with van der Waals surface area (Å²) in [6.45, 7) is 3.73. The first-order valence-electron chi connectivity index (χ1n) is 3.26. The standard InChI is InChI=1S/C7H12BrClO/c1-7(2,6(9)10)4-3-5-8/h3-5H2,1-2H3. The molecule has 0 saturated heterocycles. The Morgan fingerprint density at radius 1 is 1.60 bits per heavy atom. The van der Waals surface area contributed by atoms with Crippen molar-refractivity contribution >= 4 is 32.8 Å². The second-order valence-corrected chi connectivity index (χ2v) is 4.09. The lowest BCUT2D eigenvalue weighted by Gasteiger charge is -2.17. The van der Waals surface area contributed by atoms with Gasteiger partial charge in [-0.05, 0) is 24.4 Å². The van der Waals surface area contributed by atoms with Crippen molar-refractivity contribution in [1.29, 1.82) is 0 Å². The van der Waals surface area contributed by atoms with Crippen molar-refractivity contribution in [2.75, 3.05) is 5.33 Å². The highest BCUT2D eigenvalue weighted by molar-refractivity contribution is 9.09. The molecule has 0 spiro atoms. The van der Waals surface area contributed by atoms with Crippen LogP contribution in [0.2, 0.25) is 0 Å². The maximum atomic E-state index is 10.7. The van der Waals surface area contributed by atoms with Crippen LogP contribution in [0.25, 0.3) is 0 Å². The van der Waals surface area contributed by atoms with Crippen LogP contribution in [-0.4, -0.2) is 10.6 Å². The summed E-state index contributed by atoms with van der Waals surface area (Å²) < 4.78 is 0. The molecule has 0 aliphatic rings. The smallest absolute Gasteiger partial charge is 0.227 e. The van der Waals surface area contributed by atoms with E-state index in [4.69, 9.17) is 11.6 Å². The molecule has 0 aromatic carbocycles. The van der Waals surface area contributed by atoms with Gasteiger partial charge < -0.3 is 0 Å². The van der Waals surface area contributed by atoms with Crippen molar-refractivity contribution in [3.63, 3.8) is 0 Å². The molecule has 0 amide bonds. The molecule has 1 nitrogen and oxygen atoms in total. The van der Waals surface area contributed by atoms with Crippen LogP contribution in [0.1, 0.15) is 26.7 Å². The Balaban J connectivity index is 3.75. The summed E-state index contributed by atoms with van der Waals surface area (Å²) in [5, 5.41) is 0.689. The number of carbonyl (C=O) groups is 1. The molecule has 0 radical (unpaired) electrons. The van der Waals surface area contributed by atoms with E-state index in [1.807, 2.05) is 13.8 Å². The van der Waals surface area contributed by atoms with Crippen LogP contribution in [0.4, 0.5) is 0 Å². The fourth-order valence-electron chi connectivity index (χ4n) is 0.607. The van der Waals surface area contributed by atoms with Gasteiger partial charge in [-0.1, -0.05) is 29.8 Å². The van der Waals surface area contributed by atoms with Crippen molar-refractivity contribution in [1.82, 2.24) is 0 Å². The Morgan fingerprint density at radius 3 is 2.40 bits per heavy atom. The van der Waals surface area contributed by atoms with Gasteiger partial charge in [-0.3, -0.25) is 4.79 Å². The highest BCUT2D eigenvalue weighted by atomic mass is 79.9. The first-order chi connectivity index (χ1) is 4.50. The van der Waals surface area contributed by atoms with Gasteiger partial charge in [-0.25, -0.2) is 0 Å². The third-order valence-electron chi connectivity index (χ3n) is 1.47. The van der Waals surface area contributed by atoms with E-state index < -0.39 is 0 Å². The minimum Gasteiger partial charge on any atom is -0.281 e. The molecule has 3 heteroatoms. The Morgan fingerprint density at radius 2 is 2.10 bits per heavy atom. The zero-order valence-corrected chi connectivity index (χ0v) is 8.63. The van der Waals surface area contributed by atoms with E-state index in [1.54, 1.807) is 0 Å². The molecule has 0 N–H and O–H groups in total. The molecule has 0 aliphatic heterocycles. The van der Waals surface area contributed by atoms with Crippen LogP contribution in [0.3, 0.4) is 0 Å². The van der Waals surface area contributed by atoms with Gasteiger partial charge in [-0.15, -0.1) is 0 Å². The number of carbonyl (C=O) groups excluding carboxylic acids is 1. The van der Waals surface area contributed by atoms with Gasteiger partial charge in [0.05, 0.1) is 0 Å². The van der Waals surface area contributed by atoms with Crippen molar-refractivity contribution in [3.8, 4) is 0 Å². The Labute approximate surface area is 75.3 Å². The average molecular weight is 228 g/mol. The normalized spacial score (nSPS) is 11.6. The van der Waals surface area contributed by atoms with Crippen LogP contribution in [0, 0.1) is 5.41 Å². The second-order valence-electron chi connectivity index (χ2n) is 2.95. The predicted octanol–water partition coefficient (Wildman–Crippen LogP) is 2.95. The molecule has 0 atom stereocenters. The molecule has 60 valence electrons. The number of hydrogen-bond acceptors (Lipinski definition) is 1. The maximum Gasteiger partial charge on any atom is 0.227 e. The minimum atomic E-state index is -0.352. The molecule has 0 rings (SSSR count). The number of alkyl halides is 1. The van der Waals surface area contributed by atoms with E-state index in [9.17, 15) is 4.79 Å². The Kier molecular flexibility index (Phi) is 4.54. The highest BCUT2D eigenvalue weighted by Crippen LogP contribution is 2.25. The van der Waals surface area contributed by atoms with Gasteiger partial charge in [-0.2, -0.15) is 0 Å². The van der Waals surface area contributed by atoms with E-state index in [0.717, 1.165) is 18.2 Å². The van der Waals surface area contributed by atoms with Gasteiger partial charge in [0.1, 0.15) is 0 Å². The van der Waals surface area contributed by atoms with Gasteiger partial charge >= 0.3 is 0 Å². The largest absolute Gasteiger partial charge is 0.281 e. The number of hydrogen-bond donors (Lipinski definition) is 0. The second kappa shape index (κ2) is 4.35. The van der Waals surface area contributed by atoms with Crippen LogP contribution in [0.5, 0.6) is 0 Å². The molecule has 0 unspecified atom stereocenters. The van der Waals surface area contributed by atoms with Gasteiger partial charge in [0, 0.05) is 10.7 Å². The first kappa shape index (κ1) is 10.4. The van der Waals surface area contributed by atoms with Gasteiger partial charge in [0.2, 0.25) is 5.24 Å². The molecule has 0 bridgehead atoms. The minimum absolute atomic E-state index is 0.242. The SMILES string of the molecule is CC(C)(CCCBr)C(=O)Cl. The molecule has 10 heavy (non-hydrogen) atoms. The first-order valence-corrected chi connectivity index (χ1v) is 4.76. The van der Waals surface area contributed by atoms with Crippen molar-refractivity contribution in [2.24, 2.45) is 5.41 Å². The summed E-state index contributed by atoms with van der Waals surface area (Å²) in [7, 11) is 0. The van der Waals surface area contributed by atoms with Crippen molar-refractivity contribution in [3.05, 3.63) is 0 Å². The zero-order valence-electron chi connectivity index (χ0n) is 6.29. The monoisotopic (exact) mass is 226 g/mol. The van der Waals surface area contributed by atoms with E-state index in [0.29, 0.717) is 0 Å². The summed E-state index contributed by atoms with van der Waals surface area (Å²) in [6, 6.07) is 0. The van der Waals surface area contributed by atoms with E-state index in [-0.39, 0.29) is 10.7 Å². The quantitative estimate of drug-likeness (QED) is 0.533. The molecule has 0 aromatic heterocycles. The lowest BCUT2D eigenvalue weighted by molar-refractivity contribution is -0.119. The number of halogens is 2. The zero-order chi connectivity index (χ0) is 8.20. The molecule has 0 aliphatic carbocycles. The van der Waals surface area contributed by atoms with Crippen molar-refractivity contribution < 1.29 is 4.79 Å². The summed E-state index contributed by atoms with van der Waals surface area (Å²) in [5.41, 5.74) is -0.352. The Bertz CT molecular complexity index is 123. The fraction of sp³-hybridized carbons (Fsp3) is 0.857.